The molecule has 0 radical (unpaired) electrons. The first kappa shape index (κ1) is 11.8. The molecule has 0 bridgehead atoms. The lowest BCUT2D eigenvalue weighted by molar-refractivity contribution is 0.517. The van der Waals surface area contributed by atoms with Crippen molar-refractivity contribution in [1.29, 1.82) is 0 Å². The van der Waals surface area contributed by atoms with E-state index in [4.69, 9.17) is 0 Å². The van der Waals surface area contributed by atoms with Gasteiger partial charge in [-0.15, -0.1) is 0 Å². The molecule has 0 saturated carbocycles. The first-order valence-electron chi connectivity index (χ1n) is 5.66. The SMILES string of the molecule is CCNC(CCc1ccsc1)c1ccsc1. The summed E-state index contributed by atoms with van der Waals surface area (Å²) in [5.74, 6) is 0. The van der Waals surface area contributed by atoms with E-state index in [0.29, 0.717) is 6.04 Å². The Morgan fingerprint density at radius 3 is 2.62 bits per heavy atom. The Labute approximate surface area is 105 Å². The molecule has 1 unspecified atom stereocenters. The van der Waals surface area contributed by atoms with Gasteiger partial charge < -0.3 is 5.32 Å². The maximum atomic E-state index is 3.56. The van der Waals surface area contributed by atoms with Crippen molar-refractivity contribution in [2.75, 3.05) is 6.54 Å². The van der Waals surface area contributed by atoms with Gasteiger partial charge in [0.1, 0.15) is 0 Å². The van der Waals surface area contributed by atoms with E-state index < -0.39 is 0 Å². The van der Waals surface area contributed by atoms with Crippen molar-refractivity contribution in [3.8, 4) is 0 Å². The summed E-state index contributed by atoms with van der Waals surface area (Å²) in [6, 6.07) is 4.96. The van der Waals surface area contributed by atoms with Gasteiger partial charge in [-0.3, -0.25) is 0 Å². The summed E-state index contributed by atoms with van der Waals surface area (Å²) in [5.41, 5.74) is 2.89. The van der Waals surface area contributed by atoms with Gasteiger partial charge in [-0.1, -0.05) is 6.92 Å². The summed E-state index contributed by atoms with van der Waals surface area (Å²) in [6.07, 6.45) is 2.35. The highest BCUT2D eigenvalue weighted by Gasteiger charge is 2.10. The van der Waals surface area contributed by atoms with Crippen LogP contribution in [0.15, 0.2) is 33.7 Å². The maximum absolute atomic E-state index is 3.56. The molecular weight excluding hydrogens is 234 g/mol. The molecule has 0 aromatic carbocycles. The van der Waals surface area contributed by atoms with Crippen LogP contribution in [-0.4, -0.2) is 6.54 Å². The van der Waals surface area contributed by atoms with E-state index in [1.165, 1.54) is 17.5 Å². The number of aryl methyl sites for hydroxylation is 1. The minimum absolute atomic E-state index is 0.510. The van der Waals surface area contributed by atoms with Crippen molar-refractivity contribution in [1.82, 2.24) is 5.32 Å². The fraction of sp³-hybridized carbons (Fsp3) is 0.385. The fourth-order valence-corrected chi connectivity index (χ4v) is 3.27. The summed E-state index contributed by atoms with van der Waals surface area (Å²) >= 11 is 3.56. The predicted molar refractivity (Wildman–Crippen MR) is 73.4 cm³/mol. The van der Waals surface area contributed by atoms with E-state index in [-0.39, 0.29) is 0 Å². The molecule has 0 aliphatic rings. The standard InChI is InChI=1S/C13H17NS2/c1-2-14-13(12-6-8-16-10-12)4-3-11-5-7-15-9-11/h5-10,13-14H,2-4H2,1H3. The quantitative estimate of drug-likeness (QED) is 0.815. The first-order chi connectivity index (χ1) is 7.90. The van der Waals surface area contributed by atoms with Crippen LogP contribution < -0.4 is 5.32 Å². The summed E-state index contributed by atoms with van der Waals surface area (Å²) in [4.78, 5) is 0. The average molecular weight is 251 g/mol. The normalized spacial score (nSPS) is 12.8. The Kier molecular flexibility index (Phi) is 4.57. The van der Waals surface area contributed by atoms with Gasteiger partial charge in [0.2, 0.25) is 0 Å². The van der Waals surface area contributed by atoms with Crippen LogP contribution in [0.5, 0.6) is 0 Å². The van der Waals surface area contributed by atoms with E-state index >= 15 is 0 Å². The molecule has 1 atom stereocenters. The molecular formula is C13H17NS2. The van der Waals surface area contributed by atoms with Crippen LogP contribution in [0.1, 0.15) is 30.5 Å². The van der Waals surface area contributed by atoms with Crippen LogP contribution in [0.2, 0.25) is 0 Å². The van der Waals surface area contributed by atoms with Crippen molar-refractivity contribution in [2.24, 2.45) is 0 Å². The third-order valence-corrected chi connectivity index (χ3v) is 4.13. The van der Waals surface area contributed by atoms with Gasteiger partial charge in [0.25, 0.3) is 0 Å². The van der Waals surface area contributed by atoms with Crippen molar-refractivity contribution in [3.05, 3.63) is 44.8 Å². The average Bonchev–Trinajstić information content (AvgIpc) is 2.96. The highest BCUT2D eigenvalue weighted by molar-refractivity contribution is 7.08. The highest BCUT2D eigenvalue weighted by Crippen LogP contribution is 2.22. The van der Waals surface area contributed by atoms with Gasteiger partial charge >= 0.3 is 0 Å². The Hall–Kier alpha value is -0.640. The third-order valence-electron chi connectivity index (χ3n) is 2.70. The zero-order chi connectivity index (χ0) is 11.2. The van der Waals surface area contributed by atoms with Crippen molar-refractivity contribution >= 4 is 22.7 Å². The van der Waals surface area contributed by atoms with Crippen molar-refractivity contribution in [2.45, 2.75) is 25.8 Å². The van der Waals surface area contributed by atoms with Gasteiger partial charge in [-0.2, -0.15) is 22.7 Å². The zero-order valence-corrected chi connectivity index (χ0v) is 11.1. The number of hydrogen-bond donors (Lipinski definition) is 1. The molecule has 0 fully saturated rings. The summed E-state index contributed by atoms with van der Waals surface area (Å²) in [6.45, 7) is 3.20. The fourth-order valence-electron chi connectivity index (χ4n) is 1.85. The second-order valence-corrected chi connectivity index (χ2v) is 5.40. The zero-order valence-electron chi connectivity index (χ0n) is 9.48. The number of rotatable bonds is 6. The molecule has 0 amide bonds. The maximum Gasteiger partial charge on any atom is 0.0331 e. The summed E-state index contributed by atoms with van der Waals surface area (Å²) < 4.78 is 0. The van der Waals surface area contributed by atoms with Crippen LogP contribution in [-0.2, 0) is 6.42 Å². The number of nitrogens with one attached hydrogen (secondary N) is 1. The predicted octanol–water partition coefficient (Wildman–Crippen LogP) is 4.09. The van der Waals surface area contributed by atoms with Crippen molar-refractivity contribution in [3.63, 3.8) is 0 Å². The van der Waals surface area contributed by atoms with Gasteiger partial charge in [0.05, 0.1) is 0 Å². The smallest absolute Gasteiger partial charge is 0.0331 e. The Morgan fingerprint density at radius 2 is 2.00 bits per heavy atom. The van der Waals surface area contributed by atoms with E-state index in [2.05, 4.69) is 45.9 Å². The number of thiophene rings is 2. The van der Waals surface area contributed by atoms with Crippen molar-refractivity contribution < 1.29 is 0 Å². The molecule has 0 spiro atoms. The lowest BCUT2D eigenvalue weighted by atomic mass is 10.0. The highest BCUT2D eigenvalue weighted by atomic mass is 32.1. The van der Waals surface area contributed by atoms with Crippen LogP contribution >= 0.6 is 22.7 Å². The summed E-state index contributed by atoms with van der Waals surface area (Å²) in [5, 5.41) is 12.4. The largest absolute Gasteiger partial charge is 0.310 e. The molecule has 2 heterocycles. The van der Waals surface area contributed by atoms with Gasteiger partial charge in [0.15, 0.2) is 0 Å². The van der Waals surface area contributed by atoms with Crippen LogP contribution in [0, 0.1) is 0 Å². The molecule has 0 saturated heterocycles. The van der Waals surface area contributed by atoms with E-state index in [0.717, 1.165) is 13.0 Å². The molecule has 86 valence electrons. The molecule has 2 aromatic rings. The molecule has 1 N–H and O–H groups in total. The van der Waals surface area contributed by atoms with E-state index in [1.54, 1.807) is 22.7 Å². The van der Waals surface area contributed by atoms with E-state index in [9.17, 15) is 0 Å². The third kappa shape index (κ3) is 3.17. The van der Waals surface area contributed by atoms with E-state index in [1.807, 2.05) is 0 Å². The monoisotopic (exact) mass is 251 g/mol. The van der Waals surface area contributed by atoms with Gasteiger partial charge in [-0.05, 0) is 64.2 Å². The Bertz CT molecular complexity index is 378. The van der Waals surface area contributed by atoms with Crippen LogP contribution in [0.25, 0.3) is 0 Å². The second-order valence-electron chi connectivity index (χ2n) is 3.84. The molecule has 2 rings (SSSR count). The summed E-state index contributed by atoms with van der Waals surface area (Å²) in [7, 11) is 0. The molecule has 16 heavy (non-hydrogen) atoms. The van der Waals surface area contributed by atoms with Gasteiger partial charge in [-0.25, -0.2) is 0 Å². The lowest BCUT2D eigenvalue weighted by Gasteiger charge is -2.16. The lowest BCUT2D eigenvalue weighted by Crippen LogP contribution is -2.20. The molecule has 3 heteroatoms. The second kappa shape index (κ2) is 6.18. The van der Waals surface area contributed by atoms with Crippen LogP contribution in [0.3, 0.4) is 0 Å². The molecule has 0 aliphatic heterocycles. The molecule has 2 aromatic heterocycles. The minimum Gasteiger partial charge on any atom is -0.310 e. The van der Waals surface area contributed by atoms with Gasteiger partial charge in [0, 0.05) is 6.04 Å². The molecule has 1 nitrogen and oxygen atoms in total. The topological polar surface area (TPSA) is 12.0 Å². The first-order valence-corrected chi connectivity index (χ1v) is 7.55. The number of hydrogen-bond acceptors (Lipinski definition) is 3. The Morgan fingerprint density at radius 1 is 1.19 bits per heavy atom. The minimum atomic E-state index is 0.510. The molecule has 0 aliphatic carbocycles. The Balaban J connectivity index is 1.93. The van der Waals surface area contributed by atoms with Crippen LogP contribution in [0.4, 0.5) is 0 Å².